The maximum absolute atomic E-state index is 13.0. The number of rotatable bonds is 8. The Labute approximate surface area is 185 Å². The van der Waals surface area contributed by atoms with Gasteiger partial charge in [0.15, 0.2) is 11.5 Å². The molecule has 32 heavy (non-hydrogen) atoms. The molecule has 0 unspecified atom stereocenters. The van der Waals surface area contributed by atoms with Crippen molar-refractivity contribution in [3.8, 4) is 11.5 Å². The number of piperidine rings is 1. The second-order valence-electron chi connectivity index (χ2n) is 7.38. The summed E-state index contributed by atoms with van der Waals surface area (Å²) >= 11 is 0. The minimum Gasteiger partial charge on any atom is -0.493 e. The quantitative estimate of drug-likeness (QED) is 0.541. The number of methoxy groups -OCH3 is 1. The normalized spacial score (nSPS) is 14.9. The summed E-state index contributed by atoms with van der Waals surface area (Å²) in [6.07, 6.45) is 2.62. The summed E-state index contributed by atoms with van der Waals surface area (Å²) in [6.45, 7) is -0.551. The molecule has 10 heteroatoms. The van der Waals surface area contributed by atoms with Gasteiger partial charge in [-0.1, -0.05) is 18.6 Å². The Kier molecular flexibility index (Phi) is 7.68. The highest BCUT2D eigenvalue weighted by atomic mass is 32.2. The first-order chi connectivity index (χ1) is 15.2. The van der Waals surface area contributed by atoms with Crippen LogP contribution in [-0.4, -0.2) is 45.5 Å². The molecule has 1 saturated heterocycles. The highest BCUT2D eigenvalue weighted by Crippen LogP contribution is 2.30. The molecule has 0 spiro atoms. The molecule has 2 aromatic carbocycles. The first-order valence-corrected chi connectivity index (χ1v) is 11.6. The predicted molar refractivity (Wildman–Crippen MR) is 113 cm³/mol. The molecule has 7 nitrogen and oxygen atoms in total. The zero-order chi connectivity index (χ0) is 23.3. The van der Waals surface area contributed by atoms with Crippen molar-refractivity contribution in [3.63, 3.8) is 0 Å². The standard InChI is InChI=1S/C22H25F2NO6S/c1-15-6-8-17(13-20(15)32(27,28)25-10-4-3-5-11-25)21(26)30-14-16-7-9-18(31-22(23)24)19(12-16)29-2/h6-9,12-13,22H,3-5,10-11,14H2,1-2H3. The van der Waals surface area contributed by atoms with Crippen molar-refractivity contribution < 1.29 is 36.2 Å². The van der Waals surface area contributed by atoms with E-state index in [9.17, 15) is 22.0 Å². The zero-order valence-corrected chi connectivity index (χ0v) is 18.7. The van der Waals surface area contributed by atoms with Crippen molar-refractivity contribution >= 4 is 16.0 Å². The Balaban J connectivity index is 1.74. The van der Waals surface area contributed by atoms with Crippen LogP contribution in [0.2, 0.25) is 0 Å². The highest BCUT2D eigenvalue weighted by Gasteiger charge is 2.28. The predicted octanol–water partition coefficient (Wildman–Crippen LogP) is 4.14. The first-order valence-electron chi connectivity index (χ1n) is 10.1. The van der Waals surface area contributed by atoms with Gasteiger partial charge in [0.25, 0.3) is 0 Å². The van der Waals surface area contributed by atoms with Gasteiger partial charge in [0.1, 0.15) is 6.61 Å². The number of carbonyl (C=O) groups excluding carboxylic acids is 1. The van der Waals surface area contributed by atoms with Crippen LogP contribution in [-0.2, 0) is 21.4 Å². The maximum atomic E-state index is 13.0. The summed E-state index contributed by atoms with van der Waals surface area (Å²) in [7, 11) is -2.40. The zero-order valence-electron chi connectivity index (χ0n) is 17.8. The van der Waals surface area contributed by atoms with E-state index >= 15 is 0 Å². The Hall–Kier alpha value is -2.72. The monoisotopic (exact) mass is 469 g/mol. The summed E-state index contributed by atoms with van der Waals surface area (Å²) < 4.78 is 67.1. The molecular formula is C22H25F2NO6S. The van der Waals surface area contributed by atoms with Crippen LogP contribution in [0.25, 0.3) is 0 Å². The van der Waals surface area contributed by atoms with Gasteiger partial charge in [0.2, 0.25) is 10.0 Å². The van der Waals surface area contributed by atoms with Crippen molar-refractivity contribution in [2.75, 3.05) is 20.2 Å². The largest absolute Gasteiger partial charge is 0.493 e. The fourth-order valence-electron chi connectivity index (χ4n) is 3.48. The number of ether oxygens (including phenoxy) is 3. The average Bonchev–Trinajstić information content (AvgIpc) is 2.78. The van der Waals surface area contributed by atoms with Gasteiger partial charge in [-0.15, -0.1) is 0 Å². The number of sulfonamides is 1. The van der Waals surface area contributed by atoms with Crippen LogP contribution < -0.4 is 9.47 Å². The van der Waals surface area contributed by atoms with Gasteiger partial charge in [-0.2, -0.15) is 13.1 Å². The minimum absolute atomic E-state index is 0.0732. The molecule has 0 bridgehead atoms. The van der Waals surface area contributed by atoms with Crippen LogP contribution in [0.15, 0.2) is 41.3 Å². The molecule has 1 heterocycles. The van der Waals surface area contributed by atoms with Crippen molar-refractivity contribution in [2.24, 2.45) is 0 Å². The van der Waals surface area contributed by atoms with Gasteiger partial charge in [-0.05, 0) is 55.2 Å². The maximum Gasteiger partial charge on any atom is 0.387 e. The molecule has 0 saturated carbocycles. The second-order valence-corrected chi connectivity index (χ2v) is 9.29. The third-order valence-electron chi connectivity index (χ3n) is 5.17. The molecule has 2 aromatic rings. The number of hydrogen-bond donors (Lipinski definition) is 0. The number of esters is 1. The average molecular weight is 470 g/mol. The van der Waals surface area contributed by atoms with Crippen LogP contribution in [0.5, 0.6) is 11.5 Å². The van der Waals surface area contributed by atoms with Gasteiger partial charge >= 0.3 is 12.6 Å². The van der Waals surface area contributed by atoms with E-state index < -0.39 is 22.6 Å². The van der Waals surface area contributed by atoms with Crippen LogP contribution >= 0.6 is 0 Å². The van der Waals surface area contributed by atoms with Crippen LogP contribution in [0, 0.1) is 6.92 Å². The third kappa shape index (κ3) is 5.55. The fourth-order valence-corrected chi connectivity index (χ4v) is 5.24. The second kappa shape index (κ2) is 10.3. The molecule has 174 valence electrons. The topological polar surface area (TPSA) is 82.1 Å². The Bertz CT molecular complexity index is 1070. The molecular weight excluding hydrogens is 444 g/mol. The summed E-state index contributed by atoms with van der Waals surface area (Å²) in [5, 5.41) is 0. The van der Waals surface area contributed by atoms with E-state index in [-0.39, 0.29) is 28.6 Å². The lowest BCUT2D eigenvalue weighted by atomic mass is 10.1. The molecule has 0 aliphatic carbocycles. The molecule has 0 N–H and O–H groups in total. The summed E-state index contributed by atoms with van der Waals surface area (Å²) in [5.41, 5.74) is 1.15. The van der Waals surface area contributed by atoms with E-state index in [0.717, 1.165) is 19.3 Å². The van der Waals surface area contributed by atoms with E-state index in [1.54, 1.807) is 13.0 Å². The van der Waals surface area contributed by atoms with Crippen LogP contribution in [0.3, 0.4) is 0 Å². The lowest BCUT2D eigenvalue weighted by molar-refractivity contribution is -0.0512. The molecule has 1 aliphatic heterocycles. The number of halogens is 2. The van der Waals surface area contributed by atoms with Gasteiger partial charge in [-0.3, -0.25) is 0 Å². The number of benzene rings is 2. The lowest BCUT2D eigenvalue weighted by Gasteiger charge is -2.26. The molecule has 0 atom stereocenters. The first kappa shape index (κ1) is 23.9. The number of aryl methyl sites for hydroxylation is 1. The Morgan fingerprint density at radius 2 is 1.78 bits per heavy atom. The molecule has 3 rings (SSSR count). The molecule has 0 aromatic heterocycles. The van der Waals surface area contributed by atoms with Crippen molar-refractivity contribution in [2.45, 2.75) is 44.3 Å². The molecule has 0 amide bonds. The van der Waals surface area contributed by atoms with Crippen molar-refractivity contribution in [1.29, 1.82) is 0 Å². The number of carbonyl (C=O) groups is 1. The fraction of sp³-hybridized carbons (Fsp3) is 0.409. The van der Waals surface area contributed by atoms with Crippen LogP contribution in [0.1, 0.15) is 40.7 Å². The van der Waals surface area contributed by atoms with Crippen molar-refractivity contribution in [3.05, 3.63) is 53.1 Å². The van der Waals surface area contributed by atoms with Gasteiger partial charge in [0, 0.05) is 13.1 Å². The van der Waals surface area contributed by atoms with E-state index in [1.807, 2.05) is 0 Å². The SMILES string of the molecule is COc1cc(COC(=O)c2ccc(C)c(S(=O)(=O)N3CCCCC3)c2)ccc1OC(F)F. The molecule has 1 aliphatic rings. The van der Waals surface area contributed by atoms with Gasteiger partial charge in [-0.25, -0.2) is 13.2 Å². The Morgan fingerprint density at radius 1 is 1.06 bits per heavy atom. The van der Waals surface area contributed by atoms with Gasteiger partial charge < -0.3 is 14.2 Å². The summed E-state index contributed by atoms with van der Waals surface area (Å²) in [6, 6.07) is 8.60. The van der Waals surface area contributed by atoms with E-state index in [1.165, 1.54) is 41.7 Å². The number of alkyl halides is 2. The lowest BCUT2D eigenvalue weighted by Crippen LogP contribution is -2.36. The molecule has 1 fully saturated rings. The number of hydrogen-bond acceptors (Lipinski definition) is 6. The van der Waals surface area contributed by atoms with E-state index in [2.05, 4.69) is 4.74 Å². The minimum atomic E-state index is -3.71. The molecule has 0 radical (unpaired) electrons. The van der Waals surface area contributed by atoms with E-state index in [0.29, 0.717) is 24.2 Å². The van der Waals surface area contributed by atoms with Crippen molar-refractivity contribution in [1.82, 2.24) is 4.31 Å². The Morgan fingerprint density at radius 3 is 2.44 bits per heavy atom. The van der Waals surface area contributed by atoms with Gasteiger partial charge in [0.05, 0.1) is 17.6 Å². The number of nitrogens with zero attached hydrogens (tertiary/aromatic N) is 1. The van der Waals surface area contributed by atoms with Crippen LogP contribution in [0.4, 0.5) is 8.78 Å². The third-order valence-corrected chi connectivity index (χ3v) is 7.21. The smallest absolute Gasteiger partial charge is 0.387 e. The highest BCUT2D eigenvalue weighted by molar-refractivity contribution is 7.89. The summed E-state index contributed by atoms with van der Waals surface area (Å²) in [4.78, 5) is 12.7. The summed E-state index contributed by atoms with van der Waals surface area (Å²) in [5.74, 6) is -0.764. The van der Waals surface area contributed by atoms with E-state index in [4.69, 9.17) is 9.47 Å².